The number of hydrogen-bond donors (Lipinski definition) is 3. The van der Waals surface area contributed by atoms with Crippen molar-refractivity contribution in [2.24, 2.45) is 10.9 Å². The number of nitrogens with one attached hydrogen (secondary N) is 2. The van der Waals surface area contributed by atoms with E-state index in [1.807, 2.05) is 19.9 Å². The van der Waals surface area contributed by atoms with Crippen LogP contribution < -0.4 is 10.6 Å². The van der Waals surface area contributed by atoms with Crippen molar-refractivity contribution in [1.29, 1.82) is 0 Å². The number of halogens is 1. The fraction of sp³-hybridized carbons (Fsp3) is 0.542. The van der Waals surface area contributed by atoms with Gasteiger partial charge in [-0.15, -0.1) is 24.0 Å². The first-order chi connectivity index (χ1) is 14.4. The summed E-state index contributed by atoms with van der Waals surface area (Å²) in [5.41, 5.74) is 1.32. The van der Waals surface area contributed by atoms with Crippen LogP contribution in [0, 0.1) is 19.8 Å². The molecule has 1 aliphatic heterocycles. The maximum absolute atomic E-state index is 10.8. The van der Waals surface area contributed by atoms with Crippen LogP contribution in [-0.2, 0) is 10.3 Å². The average Bonchev–Trinajstić information content (AvgIpc) is 3.18. The molecule has 2 heterocycles. The number of aliphatic imine (C=N–C) groups is 1. The summed E-state index contributed by atoms with van der Waals surface area (Å²) in [5, 5.41) is 17.5. The molecule has 3 rings (SSSR count). The molecule has 1 aromatic carbocycles. The molecule has 0 saturated carbocycles. The maximum Gasteiger partial charge on any atom is 0.191 e. The monoisotopic (exact) mass is 541 g/mol. The van der Waals surface area contributed by atoms with Gasteiger partial charge in [-0.25, -0.2) is 4.99 Å². The van der Waals surface area contributed by atoms with Gasteiger partial charge in [-0.2, -0.15) is 0 Å². The normalized spacial score (nSPS) is 21.1. The molecular weight excluding hydrogens is 505 g/mol. The third-order valence-electron chi connectivity index (χ3n) is 5.54. The molecule has 1 fully saturated rings. The van der Waals surface area contributed by atoms with E-state index in [0.717, 1.165) is 38.3 Å². The van der Waals surface area contributed by atoms with Crippen LogP contribution in [0.15, 0.2) is 45.8 Å². The van der Waals surface area contributed by atoms with Crippen molar-refractivity contribution >= 4 is 29.9 Å². The second-order valence-electron chi connectivity index (χ2n) is 8.36. The third-order valence-corrected chi connectivity index (χ3v) is 5.54. The van der Waals surface area contributed by atoms with E-state index in [9.17, 15) is 5.11 Å². The molecule has 7 heteroatoms. The molecule has 2 aromatic rings. The number of benzene rings is 1. The quantitative estimate of drug-likeness (QED) is 0.275. The molecule has 1 saturated heterocycles. The van der Waals surface area contributed by atoms with Crippen molar-refractivity contribution < 1.29 is 14.3 Å². The number of aryl methyl sites for hydroxylation is 2. The van der Waals surface area contributed by atoms with Crippen LogP contribution >= 0.6 is 24.0 Å². The Balaban J connectivity index is 0.00000341. The lowest BCUT2D eigenvalue weighted by Gasteiger charge is -2.32. The first kappa shape index (κ1) is 25.7. The van der Waals surface area contributed by atoms with Crippen LogP contribution in [-0.4, -0.2) is 37.3 Å². The lowest BCUT2D eigenvalue weighted by atomic mass is 9.89. The first-order valence-electron chi connectivity index (χ1n) is 10.9. The van der Waals surface area contributed by atoms with Gasteiger partial charge in [-0.3, -0.25) is 0 Å². The molecule has 3 N–H and O–H groups in total. The zero-order chi connectivity index (χ0) is 21.6. The summed E-state index contributed by atoms with van der Waals surface area (Å²) in [7, 11) is 0. The molecule has 0 radical (unpaired) electrons. The van der Waals surface area contributed by atoms with Gasteiger partial charge in [-0.05, 0) is 58.2 Å². The fourth-order valence-corrected chi connectivity index (χ4v) is 3.78. The third kappa shape index (κ3) is 7.22. The second-order valence-corrected chi connectivity index (χ2v) is 8.36. The molecule has 0 bridgehead atoms. The van der Waals surface area contributed by atoms with E-state index < -0.39 is 5.60 Å². The molecule has 1 aliphatic rings. The molecule has 3 unspecified atom stereocenters. The van der Waals surface area contributed by atoms with E-state index in [-0.39, 0.29) is 36.6 Å². The largest absolute Gasteiger partial charge is 0.463 e. The Labute approximate surface area is 202 Å². The number of aliphatic hydroxyl groups is 1. The van der Waals surface area contributed by atoms with Crippen LogP contribution in [0.5, 0.6) is 0 Å². The summed E-state index contributed by atoms with van der Waals surface area (Å²) in [6, 6.07) is 12.3. The Morgan fingerprint density at radius 1 is 1.16 bits per heavy atom. The number of furan rings is 1. The van der Waals surface area contributed by atoms with Gasteiger partial charge in [0.25, 0.3) is 0 Å². The minimum atomic E-state index is -1.16. The Morgan fingerprint density at radius 2 is 1.90 bits per heavy atom. The topological polar surface area (TPSA) is 79.0 Å². The zero-order valence-corrected chi connectivity index (χ0v) is 21.3. The number of ether oxygens (including phenoxy) is 1. The average molecular weight is 541 g/mol. The van der Waals surface area contributed by atoms with Gasteiger partial charge in [0.15, 0.2) is 5.96 Å². The molecule has 31 heavy (non-hydrogen) atoms. The molecule has 0 amide bonds. The smallest absolute Gasteiger partial charge is 0.191 e. The molecule has 3 atom stereocenters. The number of nitrogens with zero attached hydrogens (tertiary/aromatic N) is 1. The first-order valence-corrected chi connectivity index (χ1v) is 10.9. The number of guanidine groups is 1. The van der Waals surface area contributed by atoms with E-state index in [1.165, 1.54) is 11.1 Å². The lowest BCUT2D eigenvalue weighted by molar-refractivity contribution is -0.0265. The molecule has 0 aliphatic carbocycles. The van der Waals surface area contributed by atoms with Crippen LogP contribution in [0.3, 0.4) is 0 Å². The Hall–Kier alpha value is -1.58. The predicted molar refractivity (Wildman–Crippen MR) is 135 cm³/mol. The lowest BCUT2D eigenvalue weighted by Crippen LogP contribution is -2.42. The summed E-state index contributed by atoms with van der Waals surface area (Å²) in [6.45, 7) is 10.2. The van der Waals surface area contributed by atoms with E-state index in [2.05, 4.69) is 46.8 Å². The van der Waals surface area contributed by atoms with E-state index in [1.54, 1.807) is 13.0 Å². The van der Waals surface area contributed by atoms with Crippen molar-refractivity contribution in [2.45, 2.75) is 52.2 Å². The highest BCUT2D eigenvalue weighted by molar-refractivity contribution is 14.0. The summed E-state index contributed by atoms with van der Waals surface area (Å²) in [4.78, 5) is 4.61. The van der Waals surface area contributed by atoms with Gasteiger partial charge < -0.3 is 24.9 Å². The van der Waals surface area contributed by atoms with Gasteiger partial charge in [0.2, 0.25) is 0 Å². The summed E-state index contributed by atoms with van der Waals surface area (Å²) in [5.74, 6) is 2.35. The zero-order valence-electron chi connectivity index (χ0n) is 19.0. The van der Waals surface area contributed by atoms with E-state index in [0.29, 0.717) is 17.6 Å². The Morgan fingerprint density at radius 3 is 2.55 bits per heavy atom. The Kier molecular flexibility index (Phi) is 9.84. The highest BCUT2D eigenvalue weighted by Crippen LogP contribution is 2.33. The van der Waals surface area contributed by atoms with E-state index in [4.69, 9.17) is 9.15 Å². The van der Waals surface area contributed by atoms with Crippen LogP contribution in [0.25, 0.3) is 0 Å². The van der Waals surface area contributed by atoms with Crippen LogP contribution in [0.1, 0.15) is 55.4 Å². The van der Waals surface area contributed by atoms with Gasteiger partial charge in [0, 0.05) is 25.6 Å². The Bertz CT molecular complexity index is 833. The standard InChI is InChI=1S/C24H35N3O3.HI/c1-5-25-23(27-16-24(4,28)21-13-10-18(3)30-21)26-15-20-7-6-14-29-22(20)19-11-8-17(2)9-12-19;/h8-13,20,22,28H,5-7,14-16H2,1-4H3,(H2,25,26,27);1H. The second kappa shape index (κ2) is 11.9. The van der Waals surface area contributed by atoms with Crippen LogP contribution in [0.4, 0.5) is 0 Å². The highest BCUT2D eigenvalue weighted by Gasteiger charge is 2.29. The minimum absolute atomic E-state index is 0. The van der Waals surface area contributed by atoms with Gasteiger partial charge in [-0.1, -0.05) is 29.8 Å². The van der Waals surface area contributed by atoms with Crippen molar-refractivity contribution in [1.82, 2.24) is 10.6 Å². The molecule has 1 aromatic heterocycles. The molecule has 6 nitrogen and oxygen atoms in total. The highest BCUT2D eigenvalue weighted by atomic mass is 127. The molecule has 172 valence electrons. The summed E-state index contributed by atoms with van der Waals surface area (Å²) < 4.78 is 11.7. The number of rotatable bonds is 7. The predicted octanol–water partition coefficient (Wildman–Crippen LogP) is 4.44. The van der Waals surface area contributed by atoms with Gasteiger partial charge in [0.1, 0.15) is 17.1 Å². The number of hydrogen-bond acceptors (Lipinski definition) is 4. The fourth-order valence-electron chi connectivity index (χ4n) is 3.78. The summed E-state index contributed by atoms with van der Waals surface area (Å²) >= 11 is 0. The van der Waals surface area contributed by atoms with Crippen molar-refractivity contribution in [3.63, 3.8) is 0 Å². The van der Waals surface area contributed by atoms with Crippen molar-refractivity contribution in [3.05, 3.63) is 59.0 Å². The van der Waals surface area contributed by atoms with Crippen LogP contribution in [0.2, 0.25) is 0 Å². The van der Waals surface area contributed by atoms with Crippen molar-refractivity contribution in [2.75, 3.05) is 26.2 Å². The van der Waals surface area contributed by atoms with Gasteiger partial charge in [0.05, 0.1) is 12.6 Å². The maximum atomic E-state index is 10.8. The summed E-state index contributed by atoms with van der Waals surface area (Å²) in [6.07, 6.45) is 2.26. The minimum Gasteiger partial charge on any atom is -0.463 e. The molecular formula is C24H36IN3O3. The van der Waals surface area contributed by atoms with E-state index >= 15 is 0 Å². The molecule has 0 spiro atoms. The van der Waals surface area contributed by atoms with Crippen molar-refractivity contribution in [3.8, 4) is 0 Å². The van der Waals surface area contributed by atoms with Gasteiger partial charge >= 0.3 is 0 Å². The SMILES string of the molecule is CCNC(=NCC(C)(O)c1ccc(C)o1)NCC1CCCOC1c1ccc(C)cc1.I.